The average Bonchev–Trinajstić information content (AvgIpc) is 2.49. The summed E-state index contributed by atoms with van der Waals surface area (Å²) in [6.07, 6.45) is 1.30. The second-order valence-corrected chi connectivity index (χ2v) is 4.72. The molecule has 112 valence electrons. The van der Waals surface area contributed by atoms with Gasteiger partial charge in [0.25, 0.3) is 5.91 Å². The van der Waals surface area contributed by atoms with E-state index >= 15 is 0 Å². The van der Waals surface area contributed by atoms with Crippen LogP contribution in [0.3, 0.4) is 0 Å². The van der Waals surface area contributed by atoms with Crippen molar-refractivity contribution in [2.45, 2.75) is 19.6 Å². The molecule has 0 aromatic heterocycles. The zero-order chi connectivity index (χ0) is 15.2. The Morgan fingerprint density at radius 1 is 1.43 bits per heavy atom. The Hall–Kier alpha value is -2.34. The first kappa shape index (κ1) is 15.1. The number of amides is 1. The quantitative estimate of drug-likeness (QED) is 0.794. The molecule has 6 nitrogen and oxygen atoms in total. The van der Waals surface area contributed by atoms with Gasteiger partial charge in [-0.25, -0.2) is 0 Å². The topological polar surface area (TPSA) is 66.0 Å². The van der Waals surface area contributed by atoms with E-state index in [2.05, 4.69) is 15.7 Å². The third-order valence-corrected chi connectivity index (χ3v) is 3.09. The van der Waals surface area contributed by atoms with Crippen LogP contribution in [0.4, 0.5) is 0 Å². The summed E-state index contributed by atoms with van der Waals surface area (Å²) in [5.41, 5.74) is 1.53. The number of likely N-dealkylation sites (N-methyl/N-ethyl adjacent to an activating group) is 1. The molecule has 0 bridgehead atoms. The van der Waals surface area contributed by atoms with E-state index in [0.29, 0.717) is 18.1 Å². The molecular formula is C15H20N4O2. The Bertz CT molecular complexity index is 554. The standard InChI is InChI=1S/C15H20N4O2/c1-11(21-10-12-7-5-4-6-8-12)14-17-15(20)13(9-16-2)19(3)18-14/h4-9,11,16H,10H2,1-3H3,(H,17,18,20)/b13-9-. The van der Waals surface area contributed by atoms with Gasteiger partial charge in [0.2, 0.25) is 0 Å². The van der Waals surface area contributed by atoms with Crippen molar-refractivity contribution in [1.82, 2.24) is 15.6 Å². The van der Waals surface area contributed by atoms with Crippen molar-refractivity contribution in [3.63, 3.8) is 0 Å². The fraction of sp³-hybridized carbons (Fsp3) is 0.333. The molecule has 2 rings (SSSR count). The highest BCUT2D eigenvalue weighted by atomic mass is 16.5. The molecule has 0 radical (unpaired) electrons. The molecule has 1 aliphatic heterocycles. The molecule has 1 aromatic rings. The molecule has 1 heterocycles. The van der Waals surface area contributed by atoms with E-state index in [1.54, 1.807) is 20.3 Å². The van der Waals surface area contributed by atoms with E-state index in [-0.39, 0.29) is 12.0 Å². The molecule has 1 amide bonds. The van der Waals surface area contributed by atoms with Gasteiger partial charge in [-0.3, -0.25) is 9.80 Å². The molecule has 6 heteroatoms. The average molecular weight is 288 g/mol. The lowest BCUT2D eigenvalue weighted by molar-refractivity contribution is -0.118. The molecule has 0 spiro atoms. The zero-order valence-electron chi connectivity index (χ0n) is 12.5. The van der Waals surface area contributed by atoms with E-state index in [4.69, 9.17) is 4.74 Å². The number of amidine groups is 1. The Labute approximate surface area is 124 Å². The van der Waals surface area contributed by atoms with Crippen molar-refractivity contribution < 1.29 is 9.53 Å². The number of nitrogens with one attached hydrogen (secondary N) is 2. The third-order valence-electron chi connectivity index (χ3n) is 3.09. The molecule has 0 aliphatic carbocycles. The number of benzene rings is 1. The summed E-state index contributed by atoms with van der Waals surface area (Å²) in [5, 5.41) is 11.4. The van der Waals surface area contributed by atoms with Crippen LogP contribution < -0.4 is 10.6 Å². The van der Waals surface area contributed by atoms with Crippen LogP contribution >= 0.6 is 0 Å². The summed E-state index contributed by atoms with van der Waals surface area (Å²) in [6.45, 7) is 2.34. The maximum Gasteiger partial charge on any atom is 0.276 e. The van der Waals surface area contributed by atoms with Crippen LogP contribution in [0.1, 0.15) is 12.5 Å². The monoisotopic (exact) mass is 288 g/mol. The predicted molar refractivity (Wildman–Crippen MR) is 81.2 cm³/mol. The van der Waals surface area contributed by atoms with Crippen molar-refractivity contribution in [3.8, 4) is 0 Å². The van der Waals surface area contributed by atoms with Crippen LogP contribution in [0.2, 0.25) is 0 Å². The minimum atomic E-state index is -0.298. The molecule has 21 heavy (non-hydrogen) atoms. The van der Waals surface area contributed by atoms with E-state index in [1.807, 2.05) is 37.3 Å². The SMILES string of the molecule is CN/C=C1/C(=O)NC(C(C)OCc2ccccc2)=NN1C. The molecular weight excluding hydrogens is 268 g/mol. The van der Waals surface area contributed by atoms with Gasteiger partial charge in [-0.05, 0) is 12.5 Å². The second kappa shape index (κ2) is 6.90. The van der Waals surface area contributed by atoms with Crippen molar-refractivity contribution in [1.29, 1.82) is 0 Å². The van der Waals surface area contributed by atoms with Crippen LogP contribution in [0.15, 0.2) is 47.3 Å². The van der Waals surface area contributed by atoms with Crippen LogP contribution in [0.25, 0.3) is 0 Å². The summed E-state index contributed by atoms with van der Waals surface area (Å²) in [5.74, 6) is 0.304. The minimum Gasteiger partial charge on any atom is -0.392 e. The molecule has 0 saturated heterocycles. The van der Waals surface area contributed by atoms with Crippen molar-refractivity contribution in [2.24, 2.45) is 5.10 Å². The number of carbonyl (C=O) groups is 1. The van der Waals surface area contributed by atoms with Crippen LogP contribution in [0, 0.1) is 0 Å². The summed E-state index contributed by atoms with van der Waals surface area (Å²) < 4.78 is 5.75. The number of nitrogens with zero attached hydrogens (tertiary/aromatic N) is 2. The molecule has 0 fully saturated rings. The van der Waals surface area contributed by atoms with Crippen molar-refractivity contribution in [3.05, 3.63) is 47.8 Å². The third kappa shape index (κ3) is 3.82. The largest absolute Gasteiger partial charge is 0.392 e. The van der Waals surface area contributed by atoms with Crippen molar-refractivity contribution >= 4 is 11.7 Å². The molecule has 1 aliphatic rings. The molecule has 1 atom stereocenters. The molecule has 0 saturated carbocycles. The number of rotatable bonds is 5. The van der Waals surface area contributed by atoms with Crippen LogP contribution in [-0.2, 0) is 16.1 Å². The van der Waals surface area contributed by atoms with Crippen LogP contribution in [0.5, 0.6) is 0 Å². The number of hydrogen-bond acceptors (Lipinski definition) is 5. The number of ether oxygens (including phenoxy) is 1. The van der Waals surface area contributed by atoms with Gasteiger partial charge in [0.15, 0.2) is 5.84 Å². The highest BCUT2D eigenvalue weighted by Crippen LogP contribution is 2.10. The summed E-state index contributed by atoms with van der Waals surface area (Å²) >= 11 is 0. The fourth-order valence-corrected chi connectivity index (χ4v) is 1.92. The fourth-order valence-electron chi connectivity index (χ4n) is 1.92. The van der Waals surface area contributed by atoms with Gasteiger partial charge in [0.05, 0.1) is 6.61 Å². The maximum absolute atomic E-state index is 12.0. The Morgan fingerprint density at radius 2 is 2.14 bits per heavy atom. The van der Waals surface area contributed by atoms with E-state index in [1.165, 1.54) is 5.01 Å². The van der Waals surface area contributed by atoms with Crippen molar-refractivity contribution in [2.75, 3.05) is 14.1 Å². The number of carbonyl (C=O) groups excluding carboxylic acids is 1. The summed E-state index contributed by atoms with van der Waals surface area (Å²) in [7, 11) is 3.46. The van der Waals surface area contributed by atoms with E-state index < -0.39 is 0 Å². The van der Waals surface area contributed by atoms with Gasteiger partial charge in [-0.15, -0.1) is 0 Å². The first-order valence-corrected chi connectivity index (χ1v) is 6.78. The summed E-state index contributed by atoms with van der Waals surface area (Å²) in [6, 6.07) is 9.88. The predicted octanol–water partition coefficient (Wildman–Crippen LogP) is 1.03. The zero-order valence-corrected chi connectivity index (χ0v) is 12.5. The Morgan fingerprint density at radius 3 is 2.76 bits per heavy atom. The Balaban J connectivity index is 2.00. The van der Waals surface area contributed by atoms with E-state index in [9.17, 15) is 4.79 Å². The highest BCUT2D eigenvalue weighted by molar-refractivity contribution is 6.08. The Kier molecular flexibility index (Phi) is 4.94. The lowest BCUT2D eigenvalue weighted by Gasteiger charge is -2.26. The highest BCUT2D eigenvalue weighted by Gasteiger charge is 2.25. The molecule has 2 N–H and O–H groups in total. The van der Waals surface area contributed by atoms with Gasteiger partial charge in [0, 0.05) is 20.3 Å². The normalized spacial score (nSPS) is 18.2. The second-order valence-electron chi connectivity index (χ2n) is 4.72. The number of hydrogen-bond donors (Lipinski definition) is 2. The first-order chi connectivity index (χ1) is 10.1. The van der Waals surface area contributed by atoms with Gasteiger partial charge >= 0.3 is 0 Å². The van der Waals surface area contributed by atoms with Gasteiger partial charge in [-0.2, -0.15) is 5.10 Å². The van der Waals surface area contributed by atoms with Gasteiger partial charge in [0.1, 0.15) is 11.8 Å². The lowest BCUT2D eigenvalue weighted by atomic mass is 10.2. The number of hydrazone groups is 1. The maximum atomic E-state index is 12.0. The first-order valence-electron chi connectivity index (χ1n) is 6.78. The minimum absolute atomic E-state index is 0.202. The van der Waals surface area contributed by atoms with Crippen LogP contribution in [-0.4, -0.2) is 37.0 Å². The van der Waals surface area contributed by atoms with Gasteiger partial charge in [-0.1, -0.05) is 30.3 Å². The smallest absolute Gasteiger partial charge is 0.276 e. The van der Waals surface area contributed by atoms with Gasteiger partial charge < -0.3 is 15.4 Å². The molecule has 1 unspecified atom stereocenters. The molecule has 1 aromatic carbocycles. The lowest BCUT2D eigenvalue weighted by Crippen LogP contribution is -2.47. The summed E-state index contributed by atoms with van der Waals surface area (Å²) in [4.78, 5) is 12.0. The van der Waals surface area contributed by atoms with E-state index in [0.717, 1.165) is 5.56 Å².